The van der Waals surface area contributed by atoms with Gasteiger partial charge < -0.3 is 5.32 Å². The quantitative estimate of drug-likeness (QED) is 0.638. The van der Waals surface area contributed by atoms with Crippen molar-refractivity contribution in [1.29, 1.82) is 0 Å². The van der Waals surface area contributed by atoms with Crippen molar-refractivity contribution in [1.82, 2.24) is 10.6 Å². The molecule has 0 saturated carbocycles. The van der Waals surface area contributed by atoms with Crippen molar-refractivity contribution < 1.29 is 9.59 Å². The van der Waals surface area contributed by atoms with Crippen LogP contribution in [0.4, 0.5) is 4.79 Å². The standard InChI is InChI=1S/C8H14N2O2/c1-5(2)3-6-4-7(11)10-8(12)9-6/h5-6H,3-4H2,1-2H3,(H2,9,10,11,12)/t6-/m0/s1. The van der Waals surface area contributed by atoms with E-state index in [4.69, 9.17) is 0 Å². The Bertz CT molecular complexity index is 185. The first kappa shape index (κ1) is 9.03. The van der Waals surface area contributed by atoms with E-state index in [2.05, 4.69) is 24.5 Å². The second kappa shape index (κ2) is 3.56. The number of rotatable bonds is 2. The highest BCUT2D eigenvalue weighted by Crippen LogP contribution is 2.09. The van der Waals surface area contributed by atoms with Crippen LogP contribution in [0, 0.1) is 5.92 Å². The summed E-state index contributed by atoms with van der Waals surface area (Å²) >= 11 is 0. The number of carbonyl (C=O) groups is 2. The highest BCUT2D eigenvalue weighted by atomic mass is 16.2. The zero-order valence-corrected chi connectivity index (χ0v) is 7.39. The second-order valence-corrected chi connectivity index (χ2v) is 3.55. The minimum atomic E-state index is -0.364. The van der Waals surface area contributed by atoms with E-state index in [1.807, 2.05) is 0 Å². The summed E-state index contributed by atoms with van der Waals surface area (Å²) in [5.41, 5.74) is 0. The fourth-order valence-corrected chi connectivity index (χ4v) is 1.39. The van der Waals surface area contributed by atoms with E-state index < -0.39 is 0 Å². The van der Waals surface area contributed by atoms with Crippen LogP contribution in [0.2, 0.25) is 0 Å². The third-order valence-corrected chi connectivity index (χ3v) is 1.78. The summed E-state index contributed by atoms with van der Waals surface area (Å²) in [4.78, 5) is 21.7. The van der Waals surface area contributed by atoms with Gasteiger partial charge in [0, 0.05) is 12.5 Å². The van der Waals surface area contributed by atoms with E-state index in [9.17, 15) is 9.59 Å². The highest BCUT2D eigenvalue weighted by molar-refractivity contribution is 5.97. The van der Waals surface area contributed by atoms with Crippen LogP contribution in [0.3, 0.4) is 0 Å². The van der Waals surface area contributed by atoms with Crippen molar-refractivity contribution in [3.05, 3.63) is 0 Å². The Kier molecular flexibility index (Phi) is 2.68. The Morgan fingerprint density at radius 1 is 1.50 bits per heavy atom. The van der Waals surface area contributed by atoms with Crippen molar-refractivity contribution in [3.63, 3.8) is 0 Å². The van der Waals surface area contributed by atoms with Gasteiger partial charge >= 0.3 is 6.03 Å². The first-order chi connectivity index (χ1) is 5.58. The number of carbonyl (C=O) groups excluding carboxylic acids is 2. The number of urea groups is 1. The topological polar surface area (TPSA) is 58.2 Å². The first-order valence-electron chi connectivity index (χ1n) is 4.18. The predicted octanol–water partition coefficient (Wildman–Crippen LogP) is 0.631. The Labute approximate surface area is 71.7 Å². The number of hydrogen-bond acceptors (Lipinski definition) is 2. The molecule has 0 aromatic rings. The molecule has 0 aliphatic carbocycles. The zero-order valence-electron chi connectivity index (χ0n) is 7.39. The normalized spacial score (nSPS) is 23.8. The molecular formula is C8H14N2O2. The molecule has 0 radical (unpaired) electrons. The van der Waals surface area contributed by atoms with Crippen LogP contribution in [-0.4, -0.2) is 18.0 Å². The molecule has 0 spiro atoms. The van der Waals surface area contributed by atoms with Crippen LogP contribution >= 0.6 is 0 Å². The van der Waals surface area contributed by atoms with Gasteiger partial charge in [-0.3, -0.25) is 10.1 Å². The fourth-order valence-electron chi connectivity index (χ4n) is 1.39. The highest BCUT2D eigenvalue weighted by Gasteiger charge is 2.23. The van der Waals surface area contributed by atoms with E-state index in [-0.39, 0.29) is 18.0 Å². The van der Waals surface area contributed by atoms with Crippen molar-refractivity contribution >= 4 is 11.9 Å². The van der Waals surface area contributed by atoms with Gasteiger partial charge in [-0.2, -0.15) is 0 Å². The van der Waals surface area contributed by atoms with E-state index in [0.717, 1.165) is 6.42 Å². The van der Waals surface area contributed by atoms with Crippen LogP contribution in [0.25, 0.3) is 0 Å². The van der Waals surface area contributed by atoms with Gasteiger partial charge in [0.05, 0.1) is 0 Å². The third kappa shape index (κ3) is 2.53. The van der Waals surface area contributed by atoms with Crippen LogP contribution in [0.1, 0.15) is 26.7 Å². The van der Waals surface area contributed by atoms with Crippen LogP contribution in [0.15, 0.2) is 0 Å². The molecule has 1 aliphatic rings. The van der Waals surface area contributed by atoms with Gasteiger partial charge in [-0.15, -0.1) is 0 Å². The SMILES string of the molecule is CC(C)C[C@H]1CC(=O)NC(=O)N1. The summed E-state index contributed by atoms with van der Waals surface area (Å²) in [7, 11) is 0. The molecule has 1 fully saturated rings. The molecule has 1 rings (SSSR count). The summed E-state index contributed by atoms with van der Waals surface area (Å²) in [5, 5.41) is 4.90. The summed E-state index contributed by atoms with van der Waals surface area (Å²) in [6.07, 6.45) is 1.27. The molecule has 0 aromatic carbocycles. The van der Waals surface area contributed by atoms with Crippen LogP contribution < -0.4 is 10.6 Å². The average Bonchev–Trinajstić information content (AvgIpc) is 1.81. The van der Waals surface area contributed by atoms with E-state index in [1.165, 1.54) is 0 Å². The summed E-state index contributed by atoms with van der Waals surface area (Å²) in [6, 6.07) is -0.344. The molecule has 3 amide bonds. The number of hydrogen-bond donors (Lipinski definition) is 2. The molecule has 1 atom stereocenters. The predicted molar refractivity (Wildman–Crippen MR) is 44.5 cm³/mol. The first-order valence-corrected chi connectivity index (χ1v) is 4.18. The maximum atomic E-state index is 10.9. The molecule has 0 unspecified atom stereocenters. The largest absolute Gasteiger partial charge is 0.335 e. The molecule has 4 heteroatoms. The van der Waals surface area contributed by atoms with E-state index in [0.29, 0.717) is 12.3 Å². The maximum absolute atomic E-state index is 10.9. The monoisotopic (exact) mass is 170 g/mol. The lowest BCUT2D eigenvalue weighted by atomic mass is 10.00. The van der Waals surface area contributed by atoms with Crippen LogP contribution in [-0.2, 0) is 4.79 Å². The Balaban J connectivity index is 2.44. The lowest BCUT2D eigenvalue weighted by Gasteiger charge is -2.24. The summed E-state index contributed by atoms with van der Waals surface area (Å²) in [6.45, 7) is 4.14. The number of nitrogens with one attached hydrogen (secondary N) is 2. The molecular weight excluding hydrogens is 156 g/mol. The van der Waals surface area contributed by atoms with Crippen molar-refractivity contribution in [3.8, 4) is 0 Å². The maximum Gasteiger partial charge on any atom is 0.321 e. The van der Waals surface area contributed by atoms with Crippen molar-refractivity contribution in [2.24, 2.45) is 5.92 Å². The number of amides is 3. The molecule has 12 heavy (non-hydrogen) atoms. The molecule has 4 nitrogen and oxygen atoms in total. The van der Waals surface area contributed by atoms with Crippen molar-refractivity contribution in [2.75, 3.05) is 0 Å². The van der Waals surface area contributed by atoms with Crippen molar-refractivity contribution in [2.45, 2.75) is 32.7 Å². The van der Waals surface area contributed by atoms with Gasteiger partial charge in [0.1, 0.15) is 0 Å². The van der Waals surface area contributed by atoms with E-state index in [1.54, 1.807) is 0 Å². The van der Waals surface area contributed by atoms with Gasteiger partial charge in [0.2, 0.25) is 5.91 Å². The van der Waals surface area contributed by atoms with Gasteiger partial charge in [0.25, 0.3) is 0 Å². The molecule has 2 N–H and O–H groups in total. The summed E-state index contributed by atoms with van der Waals surface area (Å²) in [5.74, 6) is 0.325. The number of imide groups is 1. The van der Waals surface area contributed by atoms with Crippen LogP contribution in [0.5, 0.6) is 0 Å². The van der Waals surface area contributed by atoms with Gasteiger partial charge in [-0.1, -0.05) is 13.8 Å². The lowest BCUT2D eigenvalue weighted by Crippen LogP contribution is -2.52. The smallest absolute Gasteiger partial charge is 0.321 e. The molecule has 0 bridgehead atoms. The zero-order chi connectivity index (χ0) is 9.14. The van der Waals surface area contributed by atoms with Gasteiger partial charge in [-0.25, -0.2) is 4.79 Å². The molecule has 1 heterocycles. The summed E-state index contributed by atoms with van der Waals surface area (Å²) < 4.78 is 0. The average molecular weight is 170 g/mol. The minimum absolute atomic E-state index is 0.0197. The Hall–Kier alpha value is -1.06. The molecule has 1 aliphatic heterocycles. The second-order valence-electron chi connectivity index (χ2n) is 3.55. The lowest BCUT2D eigenvalue weighted by molar-refractivity contribution is -0.121. The Morgan fingerprint density at radius 3 is 2.67 bits per heavy atom. The van der Waals surface area contributed by atoms with Gasteiger partial charge in [0.15, 0.2) is 0 Å². The Morgan fingerprint density at radius 2 is 2.17 bits per heavy atom. The fraction of sp³-hybridized carbons (Fsp3) is 0.750. The molecule has 1 saturated heterocycles. The minimum Gasteiger partial charge on any atom is -0.335 e. The van der Waals surface area contributed by atoms with Gasteiger partial charge in [-0.05, 0) is 12.3 Å². The third-order valence-electron chi connectivity index (χ3n) is 1.78. The van der Waals surface area contributed by atoms with E-state index >= 15 is 0 Å². The molecule has 0 aromatic heterocycles. The molecule has 68 valence electrons.